The first-order valence-electron chi connectivity index (χ1n) is 5.89. The number of nitrogens with one attached hydrogen (secondary N) is 1. The SMILES string of the molecule is COc1cc(Cl)c(C)cc1NC(=O)[C@@H](N)CCSC. The number of hydrogen-bond acceptors (Lipinski definition) is 4. The number of methoxy groups -OCH3 is 1. The van der Waals surface area contributed by atoms with Gasteiger partial charge in [-0.3, -0.25) is 4.79 Å². The minimum Gasteiger partial charge on any atom is -0.495 e. The predicted octanol–water partition coefficient (Wildman–Crippen LogP) is 2.68. The van der Waals surface area contributed by atoms with E-state index in [4.69, 9.17) is 22.1 Å². The number of halogens is 1. The van der Waals surface area contributed by atoms with E-state index in [1.807, 2.05) is 13.2 Å². The van der Waals surface area contributed by atoms with Crippen molar-refractivity contribution in [3.63, 3.8) is 0 Å². The van der Waals surface area contributed by atoms with E-state index in [2.05, 4.69) is 5.32 Å². The number of nitrogens with two attached hydrogens (primary N) is 1. The van der Waals surface area contributed by atoms with Crippen LogP contribution in [0.3, 0.4) is 0 Å². The molecule has 0 aromatic heterocycles. The summed E-state index contributed by atoms with van der Waals surface area (Å²) in [5.41, 5.74) is 7.28. The Morgan fingerprint density at radius 2 is 2.26 bits per heavy atom. The lowest BCUT2D eigenvalue weighted by Gasteiger charge is -2.15. The summed E-state index contributed by atoms with van der Waals surface area (Å²) in [6.07, 6.45) is 2.62. The lowest BCUT2D eigenvalue weighted by atomic mass is 10.1. The second-order valence-corrected chi connectivity index (χ2v) is 5.57. The van der Waals surface area contributed by atoms with E-state index in [0.29, 0.717) is 22.9 Å². The van der Waals surface area contributed by atoms with Crippen LogP contribution < -0.4 is 15.8 Å². The highest BCUT2D eigenvalue weighted by molar-refractivity contribution is 7.98. The Morgan fingerprint density at radius 1 is 1.58 bits per heavy atom. The van der Waals surface area contributed by atoms with Gasteiger partial charge in [-0.25, -0.2) is 0 Å². The number of carbonyl (C=O) groups excluding carboxylic acids is 1. The summed E-state index contributed by atoms with van der Waals surface area (Å²) < 4.78 is 5.20. The van der Waals surface area contributed by atoms with Crippen molar-refractivity contribution in [3.8, 4) is 5.75 Å². The molecule has 0 bridgehead atoms. The molecule has 4 nitrogen and oxygen atoms in total. The molecule has 0 fully saturated rings. The van der Waals surface area contributed by atoms with Crippen LogP contribution in [0.15, 0.2) is 12.1 Å². The minimum absolute atomic E-state index is 0.214. The van der Waals surface area contributed by atoms with Crippen molar-refractivity contribution in [1.29, 1.82) is 0 Å². The predicted molar refractivity (Wildman–Crippen MR) is 82.3 cm³/mol. The maximum atomic E-state index is 11.9. The zero-order valence-electron chi connectivity index (χ0n) is 11.3. The zero-order valence-corrected chi connectivity index (χ0v) is 12.9. The minimum atomic E-state index is -0.520. The largest absolute Gasteiger partial charge is 0.495 e. The van der Waals surface area contributed by atoms with Crippen molar-refractivity contribution in [2.24, 2.45) is 5.73 Å². The van der Waals surface area contributed by atoms with Gasteiger partial charge < -0.3 is 15.8 Å². The second kappa shape index (κ2) is 7.62. The molecule has 1 aromatic carbocycles. The number of hydrogen-bond donors (Lipinski definition) is 2. The van der Waals surface area contributed by atoms with Crippen LogP contribution in [0.25, 0.3) is 0 Å². The first-order valence-corrected chi connectivity index (χ1v) is 7.66. The molecule has 0 spiro atoms. The van der Waals surface area contributed by atoms with E-state index in [0.717, 1.165) is 11.3 Å². The molecular weight excluding hydrogens is 284 g/mol. The molecule has 1 aromatic rings. The highest BCUT2D eigenvalue weighted by Gasteiger charge is 2.16. The van der Waals surface area contributed by atoms with E-state index in [1.54, 1.807) is 23.9 Å². The Kier molecular flexibility index (Phi) is 6.48. The van der Waals surface area contributed by atoms with Crippen LogP contribution in [0.5, 0.6) is 5.75 Å². The van der Waals surface area contributed by atoms with Gasteiger partial charge in [-0.2, -0.15) is 11.8 Å². The number of rotatable bonds is 6. The van der Waals surface area contributed by atoms with Crippen LogP contribution in [-0.4, -0.2) is 31.1 Å². The Morgan fingerprint density at radius 3 is 2.84 bits per heavy atom. The van der Waals surface area contributed by atoms with Crippen LogP contribution in [0.2, 0.25) is 5.02 Å². The molecule has 0 unspecified atom stereocenters. The maximum absolute atomic E-state index is 11.9. The second-order valence-electron chi connectivity index (χ2n) is 4.18. The van der Waals surface area contributed by atoms with Gasteiger partial charge in [0, 0.05) is 11.1 Å². The normalized spacial score (nSPS) is 12.1. The summed E-state index contributed by atoms with van der Waals surface area (Å²) >= 11 is 7.68. The summed E-state index contributed by atoms with van der Waals surface area (Å²) in [5.74, 6) is 1.17. The molecule has 0 heterocycles. The van der Waals surface area contributed by atoms with Crippen LogP contribution in [0, 0.1) is 6.92 Å². The molecule has 1 rings (SSSR count). The summed E-state index contributed by atoms with van der Waals surface area (Å²) in [5, 5.41) is 3.38. The fourth-order valence-corrected chi connectivity index (χ4v) is 2.17. The van der Waals surface area contributed by atoms with E-state index < -0.39 is 6.04 Å². The van der Waals surface area contributed by atoms with Gasteiger partial charge in [-0.1, -0.05) is 11.6 Å². The van der Waals surface area contributed by atoms with Crippen molar-refractivity contribution < 1.29 is 9.53 Å². The molecule has 1 atom stereocenters. The van der Waals surface area contributed by atoms with Crippen molar-refractivity contribution in [3.05, 3.63) is 22.7 Å². The van der Waals surface area contributed by atoms with Crippen molar-refractivity contribution in [1.82, 2.24) is 0 Å². The van der Waals surface area contributed by atoms with E-state index in [1.165, 1.54) is 7.11 Å². The van der Waals surface area contributed by atoms with Gasteiger partial charge in [0.2, 0.25) is 5.91 Å². The molecule has 0 saturated heterocycles. The third-order valence-electron chi connectivity index (χ3n) is 2.71. The maximum Gasteiger partial charge on any atom is 0.241 e. The third kappa shape index (κ3) is 4.60. The molecule has 0 radical (unpaired) electrons. The van der Waals surface area contributed by atoms with Gasteiger partial charge >= 0.3 is 0 Å². The smallest absolute Gasteiger partial charge is 0.241 e. The zero-order chi connectivity index (χ0) is 14.4. The number of benzene rings is 1. The number of thioether (sulfide) groups is 1. The average molecular weight is 303 g/mol. The van der Waals surface area contributed by atoms with E-state index in [-0.39, 0.29) is 5.91 Å². The number of carbonyl (C=O) groups is 1. The van der Waals surface area contributed by atoms with Gasteiger partial charge in [0.05, 0.1) is 18.8 Å². The molecule has 0 aliphatic carbocycles. The highest BCUT2D eigenvalue weighted by Crippen LogP contribution is 2.31. The molecule has 6 heteroatoms. The fourth-order valence-electron chi connectivity index (χ4n) is 1.53. The van der Waals surface area contributed by atoms with Crippen LogP contribution >= 0.6 is 23.4 Å². The quantitative estimate of drug-likeness (QED) is 0.848. The molecule has 106 valence electrons. The lowest BCUT2D eigenvalue weighted by molar-refractivity contribution is -0.117. The molecule has 0 aliphatic heterocycles. The van der Waals surface area contributed by atoms with Gasteiger partial charge in [-0.15, -0.1) is 0 Å². The van der Waals surface area contributed by atoms with Crippen LogP contribution in [-0.2, 0) is 4.79 Å². The van der Waals surface area contributed by atoms with Gasteiger partial charge in [0.1, 0.15) is 5.75 Å². The lowest BCUT2D eigenvalue weighted by Crippen LogP contribution is -2.36. The van der Waals surface area contributed by atoms with Crippen LogP contribution in [0.1, 0.15) is 12.0 Å². The molecule has 3 N–H and O–H groups in total. The molecule has 1 amide bonds. The number of ether oxygens (including phenoxy) is 1. The molecule has 0 saturated carbocycles. The molecule has 19 heavy (non-hydrogen) atoms. The van der Waals surface area contributed by atoms with Crippen molar-refractivity contribution in [2.75, 3.05) is 24.4 Å². The average Bonchev–Trinajstić information content (AvgIpc) is 2.39. The highest BCUT2D eigenvalue weighted by atomic mass is 35.5. The molecular formula is C13H19ClN2O2S. The van der Waals surface area contributed by atoms with Crippen molar-refractivity contribution in [2.45, 2.75) is 19.4 Å². The van der Waals surface area contributed by atoms with E-state index in [9.17, 15) is 4.79 Å². The first kappa shape index (κ1) is 16.1. The van der Waals surface area contributed by atoms with Gasteiger partial charge in [0.25, 0.3) is 0 Å². The fraction of sp³-hybridized carbons (Fsp3) is 0.462. The Hall–Kier alpha value is -0.910. The van der Waals surface area contributed by atoms with Gasteiger partial charge in [0.15, 0.2) is 0 Å². The Balaban J connectivity index is 2.81. The third-order valence-corrected chi connectivity index (χ3v) is 3.76. The number of aryl methyl sites for hydroxylation is 1. The molecule has 0 aliphatic rings. The van der Waals surface area contributed by atoms with Crippen molar-refractivity contribution >= 4 is 35.0 Å². The topological polar surface area (TPSA) is 64.3 Å². The van der Waals surface area contributed by atoms with Gasteiger partial charge in [-0.05, 0) is 37.0 Å². The standard InChI is InChI=1S/C13H19ClN2O2S/c1-8-6-11(12(18-2)7-9(8)14)16-13(17)10(15)4-5-19-3/h6-7,10H,4-5,15H2,1-3H3,(H,16,17)/t10-/m0/s1. The summed E-state index contributed by atoms with van der Waals surface area (Å²) in [6, 6.07) is 2.94. The monoisotopic (exact) mass is 302 g/mol. The Labute approximate surface area is 123 Å². The summed E-state index contributed by atoms with van der Waals surface area (Å²) in [7, 11) is 1.53. The summed E-state index contributed by atoms with van der Waals surface area (Å²) in [4.78, 5) is 11.9. The first-order chi connectivity index (χ1) is 8.99. The number of amides is 1. The van der Waals surface area contributed by atoms with Crippen LogP contribution in [0.4, 0.5) is 5.69 Å². The Bertz CT molecular complexity index is 455. The summed E-state index contributed by atoms with van der Waals surface area (Å²) in [6.45, 7) is 1.87. The van der Waals surface area contributed by atoms with E-state index >= 15 is 0 Å². The number of anilines is 1.